The average molecular weight is 520 g/mol. The van der Waals surface area contributed by atoms with Crippen molar-refractivity contribution in [3.05, 3.63) is 36.2 Å². The Morgan fingerprint density at radius 1 is 1.16 bits per heavy atom. The molecule has 2 amide bonds. The van der Waals surface area contributed by atoms with E-state index >= 15 is 0 Å². The number of benzene rings is 2. The highest BCUT2D eigenvalue weighted by molar-refractivity contribution is 6.62. The lowest BCUT2D eigenvalue weighted by atomic mass is 9.78. The second kappa shape index (κ2) is 9.27. The molecule has 0 bridgehead atoms. The Kier molecular flexibility index (Phi) is 6.47. The second-order valence-electron chi connectivity index (χ2n) is 12.2. The van der Waals surface area contributed by atoms with E-state index in [4.69, 9.17) is 14.3 Å². The van der Waals surface area contributed by atoms with Crippen molar-refractivity contribution in [1.82, 2.24) is 20.2 Å². The van der Waals surface area contributed by atoms with Crippen LogP contribution in [0.5, 0.6) is 0 Å². The summed E-state index contributed by atoms with van der Waals surface area (Å²) in [5.74, 6) is 0.606. The molecule has 0 unspecified atom stereocenters. The second-order valence-corrected chi connectivity index (χ2v) is 12.2. The summed E-state index contributed by atoms with van der Waals surface area (Å²) in [7, 11) is -0.440. The molecule has 10 heteroatoms. The monoisotopic (exact) mass is 520 g/mol. The maximum atomic E-state index is 13.5. The number of carboxylic acid groups (broad SMARTS) is 1. The highest BCUT2D eigenvalue weighted by Crippen LogP contribution is 2.38. The molecule has 0 radical (unpaired) electrons. The van der Waals surface area contributed by atoms with Crippen LogP contribution in [0.25, 0.3) is 21.8 Å². The highest BCUT2D eigenvalue weighted by atomic mass is 16.7. The number of amides is 2. The van der Waals surface area contributed by atoms with Gasteiger partial charge in [-0.3, -0.25) is 4.79 Å². The zero-order valence-corrected chi connectivity index (χ0v) is 23.2. The smallest absolute Gasteiger partial charge is 0.465 e. The van der Waals surface area contributed by atoms with E-state index in [1.54, 1.807) is 4.90 Å². The van der Waals surface area contributed by atoms with Crippen molar-refractivity contribution in [3.63, 3.8) is 0 Å². The van der Waals surface area contributed by atoms with Crippen LogP contribution in [0.4, 0.5) is 4.79 Å². The van der Waals surface area contributed by atoms with Crippen molar-refractivity contribution < 1.29 is 24.0 Å². The van der Waals surface area contributed by atoms with E-state index in [9.17, 15) is 14.7 Å². The van der Waals surface area contributed by atoms with Gasteiger partial charge in [0.15, 0.2) is 0 Å². The van der Waals surface area contributed by atoms with Crippen molar-refractivity contribution in [1.29, 1.82) is 0 Å². The molecule has 1 aromatic heterocycles. The fourth-order valence-corrected chi connectivity index (χ4v) is 5.50. The molecule has 3 atom stereocenters. The number of fused-ring (bicyclic) bond motifs is 3. The van der Waals surface area contributed by atoms with Crippen LogP contribution >= 0.6 is 0 Å². The molecule has 2 aromatic carbocycles. The lowest BCUT2D eigenvalue weighted by Gasteiger charge is -2.32. The van der Waals surface area contributed by atoms with E-state index in [1.165, 1.54) is 0 Å². The number of hydrogen-bond acceptors (Lipinski definition) is 5. The molecule has 5 rings (SSSR count). The average Bonchev–Trinajstić information content (AvgIpc) is 3.49. The normalized spacial score (nSPS) is 23.5. The van der Waals surface area contributed by atoms with E-state index in [1.807, 2.05) is 59.7 Å². The number of H-pyrrole nitrogens is 1. The molecular formula is C28H37BN4O5. The predicted octanol–water partition coefficient (Wildman–Crippen LogP) is 4.22. The van der Waals surface area contributed by atoms with Crippen LogP contribution in [-0.4, -0.2) is 62.9 Å². The molecule has 2 aliphatic heterocycles. The lowest BCUT2D eigenvalue weighted by molar-refractivity contribution is -0.135. The first-order valence-electron chi connectivity index (χ1n) is 13.4. The summed E-state index contributed by atoms with van der Waals surface area (Å²) < 4.78 is 12.5. The fourth-order valence-electron chi connectivity index (χ4n) is 5.50. The number of hydrogen-bond donors (Lipinski definition) is 3. The molecule has 3 N–H and O–H groups in total. The minimum absolute atomic E-state index is 0.173. The zero-order valence-electron chi connectivity index (χ0n) is 23.2. The third kappa shape index (κ3) is 4.54. The maximum absolute atomic E-state index is 13.5. The molecule has 38 heavy (non-hydrogen) atoms. The van der Waals surface area contributed by atoms with Gasteiger partial charge in [0.25, 0.3) is 0 Å². The van der Waals surface area contributed by atoms with Gasteiger partial charge in [0, 0.05) is 11.9 Å². The predicted molar refractivity (Wildman–Crippen MR) is 147 cm³/mol. The zero-order chi connectivity index (χ0) is 27.6. The molecule has 2 saturated heterocycles. The molecule has 3 heterocycles. The van der Waals surface area contributed by atoms with E-state index in [-0.39, 0.29) is 23.8 Å². The summed E-state index contributed by atoms with van der Waals surface area (Å²) in [4.78, 5) is 35.0. The van der Waals surface area contributed by atoms with Gasteiger partial charge in [-0.05, 0) is 62.9 Å². The first kappa shape index (κ1) is 26.5. The number of aromatic amines is 1. The van der Waals surface area contributed by atoms with Gasteiger partial charge in [0.05, 0.1) is 28.3 Å². The van der Waals surface area contributed by atoms with Crippen molar-refractivity contribution in [3.8, 4) is 0 Å². The van der Waals surface area contributed by atoms with Crippen LogP contribution in [0, 0.1) is 11.8 Å². The molecule has 0 aliphatic carbocycles. The maximum Gasteiger partial charge on any atom is 0.494 e. The van der Waals surface area contributed by atoms with Crippen LogP contribution in [-0.2, 0) is 14.1 Å². The minimum atomic E-state index is -1.20. The van der Waals surface area contributed by atoms with Crippen LogP contribution in [0.2, 0.25) is 0 Å². The van der Waals surface area contributed by atoms with Crippen molar-refractivity contribution in [2.75, 3.05) is 6.54 Å². The Morgan fingerprint density at radius 2 is 1.84 bits per heavy atom. The van der Waals surface area contributed by atoms with Gasteiger partial charge in [0.1, 0.15) is 11.9 Å². The summed E-state index contributed by atoms with van der Waals surface area (Å²) in [6.07, 6.45) is -0.441. The third-order valence-corrected chi connectivity index (χ3v) is 8.36. The molecule has 9 nitrogen and oxygen atoms in total. The fraction of sp³-hybridized carbons (Fsp3) is 0.536. The Labute approximate surface area is 223 Å². The summed E-state index contributed by atoms with van der Waals surface area (Å²) in [6.45, 7) is 14.5. The summed E-state index contributed by atoms with van der Waals surface area (Å²) >= 11 is 0. The van der Waals surface area contributed by atoms with Gasteiger partial charge in [-0.15, -0.1) is 0 Å². The van der Waals surface area contributed by atoms with Crippen molar-refractivity contribution >= 4 is 46.4 Å². The Bertz CT molecular complexity index is 1380. The van der Waals surface area contributed by atoms with Crippen LogP contribution in [0.3, 0.4) is 0 Å². The number of carbonyl (C=O) groups excluding carboxylic acids is 1. The Hall–Kier alpha value is -3.11. The third-order valence-electron chi connectivity index (χ3n) is 8.36. The lowest BCUT2D eigenvalue weighted by Crippen LogP contribution is -2.50. The van der Waals surface area contributed by atoms with Crippen LogP contribution in [0.15, 0.2) is 30.3 Å². The molecule has 2 aliphatic rings. The van der Waals surface area contributed by atoms with Crippen LogP contribution < -0.4 is 10.8 Å². The molecular weight excluding hydrogens is 483 g/mol. The van der Waals surface area contributed by atoms with Gasteiger partial charge in [-0.1, -0.05) is 45.0 Å². The van der Waals surface area contributed by atoms with Gasteiger partial charge >= 0.3 is 13.2 Å². The first-order chi connectivity index (χ1) is 17.8. The summed E-state index contributed by atoms with van der Waals surface area (Å²) in [5, 5.41) is 13.8. The summed E-state index contributed by atoms with van der Waals surface area (Å²) in [6, 6.07) is 9.16. The Morgan fingerprint density at radius 3 is 2.47 bits per heavy atom. The van der Waals surface area contributed by atoms with E-state index < -0.39 is 30.5 Å². The van der Waals surface area contributed by atoms with E-state index in [2.05, 4.69) is 29.4 Å². The van der Waals surface area contributed by atoms with E-state index in [0.717, 1.165) is 39.5 Å². The van der Waals surface area contributed by atoms with Gasteiger partial charge in [0.2, 0.25) is 5.91 Å². The van der Waals surface area contributed by atoms with Gasteiger partial charge < -0.3 is 29.6 Å². The molecule has 2 fully saturated rings. The number of nitrogens with zero attached hydrogens (tertiary/aromatic N) is 2. The molecule has 0 saturated carbocycles. The number of nitrogens with one attached hydrogen (secondary N) is 2. The summed E-state index contributed by atoms with van der Waals surface area (Å²) in [5.41, 5.74) is 1.87. The Balaban J connectivity index is 1.47. The van der Waals surface area contributed by atoms with Gasteiger partial charge in [-0.2, -0.15) is 0 Å². The van der Waals surface area contributed by atoms with Gasteiger partial charge in [-0.25, -0.2) is 9.78 Å². The van der Waals surface area contributed by atoms with Crippen molar-refractivity contribution in [2.45, 2.75) is 78.2 Å². The highest BCUT2D eigenvalue weighted by Gasteiger charge is 2.51. The number of carbonyl (C=O) groups is 2. The standard InChI is InChI=1S/C28H37BN4O5/c1-15(2)22(32-26(35)36)25(34)33-14-16(3)12-21(33)24-30-20-11-8-17-13-18(9-10-19(17)23(20)31-24)29-37-27(4,5)28(6,7)38-29/h8-11,13,15-16,21-22,32H,12,14H2,1-7H3,(H,30,31)(H,35,36)/t16-,21-,22-/m0/s1. The number of rotatable bonds is 5. The topological polar surface area (TPSA) is 117 Å². The first-order valence-corrected chi connectivity index (χ1v) is 13.4. The molecule has 202 valence electrons. The number of imidazole rings is 1. The van der Waals surface area contributed by atoms with Crippen LogP contribution in [0.1, 0.15) is 66.8 Å². The largest absolute Gasteiger partial charge is 0.494 e. The SMILES string of the molecule is CC(C)[C@H](NC(=O)O)C(=O)N1C[C@@H](C)C[C@H]1c1nc2ccc3cc(B4OC(C)(C)C(C)(C)O4)ccc3c2[nH]1. The van der Waals surface area contributed by atoms with Crippen molar-refractivity contribution in [2.24, 2.45) is 11.8 Å². The number of likely N-dealkylation sites (tertiary alicyclic amines) is 1. The molecule has 3 aromatic rings. The molecule has 0 spiro atoms. The number of aromatic nitrogens is 2. The quantitative estimate of drug-likeness (QED) is 0.434. The van der Waals surface area contributed by atoms with E-state index in [0.29, 0.717) is 6.54 Å². The minimum Gasteiger partial charge on any atom is -0.465 e.